The molecule has 0 atom stereocenters. The van der Waals surface area contributed by atoms with Crippen molar-refractivity contribution in [2.24, 2.45) is 0 Å². The van der Waals surface area contributed by atoms with E-state index in [0.29, 0.717) is 22.3 Å². The van der Waals surface area contributed by atoms with Crippen molar-refractivity contribution in [3.8, 4) is 5.75 Å². The van der Waals surface area contributed by atoms with Gasteiger partial charge in [0.2, 0.25) is 5.91 Å². The normalized spacial score (nSPS) is 10.7. The zero-order chi connectivity index (χ0) is 17.5. The molecule has 128 valence electrons. The Kier molecular flexibility index (Phi) is 6.91. The molecule has 0 saturated carbocycles. The lowest BCUT2D eigenvalue weighted by atomic mass is 10.2. The van der Waals surface area contributed by atoms with Crippen LogP contribution in [0.1, 0.15) is 19.4 Å². The summed E-state index contributed by atoms with van der Waals surface area (Å²) < 4.78 is 5.59. The first-order valence-electron chi connectivity index (χ1n) is 7.64. The standard InChI is InChI=1S/C18H20Cl2N2O2/c1-12(2)24-17-5-3-13(4-6-17)10-21-11-18(23)22-16-8-14(19)7-15(20)9-16/h3-9,12,21H,10-11H2,1-2H3,(H,22,23). The number of carbonyl (C=O) groups is 1. The minimum Gasteiger partial charge on any atom is -0.491 e. The predicted octanol–water partition coefficient (Wildman–Crippen LogP) is 4.51. The number of nitrogens with one attached hydrogen (secondary N) is 2. The number of rotatable bonds is 7. The average Bonchev–Trinajstić information content (AvgIpc) is 2.47. The largest absolute Gasteiger partial charge is 0.491 e. The highest BCUT2D eigenvalue weighted by molar-refractivity contribution is 6.35. The molecule has 0 radical (unpaired) electrons. The fourth-order valence-corrected chi connectivity index (χ4v) is 2.64. The second-order valence-electron chi connectivity index (χ2n) is 5.62. The fraction of sp³-hybridized carbons (Fsp3) is 0.278. The van der Waals surface area contributed by atoms with Gasteiger partial charge < -0.3 is 15.4 Å². The van der Waals surface area contributed by atoms with Crippen LogP contribution in [0.3, 0.4) is 0 Å². The Balaban J connectivity index is 1.78. The smallest absolute Gasteiger partial charge is 0.238 e. The molecule has 0 aliphatic rings. The number of hydrogen-bond donors (Lipinski definition) is 2. The highest BCUT2D eigenvalue weighted by Crippen LogP contribution is 2.22. The molecule has 0 aliphatic heterocycles. The number of halogens is 2. The van der Waals surface area contributed by atoms with Gasteiger partial charge in [-0.15, -0.1) is 0 Å². The molecule has 0 aromatic heterocycles. The fourth-order valence-electron chi connectivity index (χ4n) is 2.11. The average molecular weight is 367 g/mol. The van der Waals surface area contributed by atoms with Gasteiger partial charge in [-0.25, -0.2) is 0 Å². The highest BCUT2D eigenvalue weighted by atomic mass is 35.5. The van der Waals surface area contributed by atoms with E-state index < -0.39 is 0 Å². The monoisotopic (exact) mass is 366 g/mol. The van der Waals surface area contributed by atoms with Gasteiger partial charge in [0.15, 0.2) is 0 Å². The maximum atomic E-state index is 11.9. The van der Waals surface area contributed by atoms with Crippen LogP contribution in [0.5, 0.6) is 5.75 Å². The van der Waals surface area contributed by atoms with Crippen molar-refractivity contribution in [1.82, 2.24) is 5.32 Å². The van der Waals surface area contributed by atoms with Crippen molar-refractivity contribution in [3.05, 3.63) is 58.1 Å². The van der Waals surface area contributed by atoms with Crippen LogP contribution in [-0.2, 0) is 11.3 Å². The Bertz CT molecular complexity index is 668. The molecule has 0 heterocycles. The first-order valence-corrected chi connectivity index (χ1v) is 8.40. The van der Waals surface area contributed by atoms with Gasteiger partial charge in [0.05, 0.1) is 12.6 Å². The molecule has 2 rings (SSSR count). The Morgan fingerprint density at radius 3 is 2.29 bits per heavy atom. The van der Waals surface area contributed by atoms with Gasteiger partial charge in [-0.1, -0.05) is 35.3 Å². The number of hydrogen-bond acceptors (Lipinski definition) is 3. The molecule has 2 aromatic carbocycles. The SMILES string of the molecule is CC(C)Oc1ccc(CNCC(=O)Nc2cc(Cl)cc(Cl)c2)cc1. The van der Waals surface area contributed by atoms with Crippen molar-refractivity contribution in [2.75, 3.05) is 11.9 Å². The number of carbonyl (C=O) groups excluding carboxylic acids is 1. The zero-order valence-corrected chi connectivity index (χ0v) is 15.1. The van der Waals surface area contributed by atoms with Crippen LogP contribution >= 0.6 is 23.2 Å². The first-order chi connectivity index (χ1) is 11.4. The van der Waals surface area contributed by atoms with Crippen LogP contribution in [-0.4, -0.2) is 18.6 Å². The van der Waals surface area contributed by atoms with E-state index in [4.69, 9.17) is 27.9 Å². The van der Waals surface area contributed by atoms with Gasteiger partial charge in [-0.3, -0.25) is 4.79 Å². The summed E-state index contributed by atoms with van der Waals surface area (Å²) in [5, 5.41) is 6.80. The van der Waals surface area contributed by atoms with Crippen molar-refractivity contribution >= 4 is 34.8 Å². The van der Waals surface area contributed by atoms with E-state index in [1.54, 1.807) is 18.2 Å². The van der Waals surface area contributed by atoms with E-state index >= 15 is 0 Å². The van der Waals surface area contributed by atoms with E-state index in [2.05, 4.69) is 10.6 Å². The Labute approximate surface area is 152 Å². The zero-order valence-electron chi connectivity index (χ0n) is 13.6. The Hall–Kier alpha value is -1.75. The molecule has 0 bridgehead atoms. The van der Waals surface area contributed by atoms with Crippen LogP contribution in [0.4, 0.5) is 5.69 Å². The second-order valence-corrected chi connectivity index (χ2v) is 6.49. The molecule has 2 N–H and O–H groups in total. The summed E-state index contributed by atoms with van der Waals surface area (Å²) in [5.41, 5.74) is 1.65. The van der Waals surface area contributed by atoms with Crippen LogP contribution < -0.4 is 15.4 Å². The van der Waals surface area contributed by atoms with Gasteiger partial charge >= 0.3 is 0 Å². The van der Waals surface area contributed by atoms with E-state index in [1.165, 1.54) is 0 Å². The van der Waals surface area contributed by atoms with Crippen LogP contribution in [0.25, 0.3) is 0 Å². The van der Waals surface area contributed by atoms with Gasteiger partial charge in [0.25, 0.3) is 0 Å². The van der Waals surface area contributed by atoms with Crippen LogP contribution in [0.2, 0.25) is 10.0 Å². The number of ether oxygens (including phenoxy) is 1. The summed E-state index contributed by atoms with van der Waals surface area (Å²) in [6, 6.07) is 12.7. The van der Waals surface area contributed by atoms with Gasteiger partial charge in [0, 0.05) is 22.3 Å². The van der Waals surface area contributed by atoms with Crippen LogP contribution in [0, 0.1) is 0 Å². The summed E-state index contributed by atoms with van der Waals surface area (Å²) in [6.45, 7) is 4.75. The molecule has 0 aliphatic carbocycles. The number of amides is 1. The molecule has 0 spiro atoms. The highest BCUT2D eigenvalue weighted by Gasteiger charge is 2.04. The van der Waals surface area contributed by atoms with Crippen LogP contribution in [0.15, 0.2) is 42.5 Å². The summed E-state index contributed by atoms with van der Waals surface area (Å²) >= 11 is 11.8. The van der Waals surface area contributed by atoms with Gasteiger partial charge in [-0.05, 0) is 49.7 Å². The Morgan fingerprint density at radius 1 is 1.08 bits per heavy atom. The maximum Gasteiger partial charge on any atom is 0.238 e. The molecule has 4 nitrogen and oxygen atoms in total. The summed E-state index contributed by atoms with van der Waals surface area (Å²) in [5.74, 6) is 0.678. The predicted molar refractivity (Wildman–Crippen MR) is 99.0 cm³/mol. The van der Waals surface area contributed by atoms with Gasteiger partial charge in [-0.2, -0.15) is 0 Å². The molecule has 0 fully saturated rings. The molecular formula is C18H20Cl2N2O2. The molecule has 2 aromatic rings. The number of anilines is 1. The lowest BCUT2D eigenvalue weighted by Gasteiger charge is -2.11. The van der Waals surface area contributed by atoms with Crippen molar-refractivity contribution < 1.29 is 9.53 Å². The van der Waals surface area contributed by atoms with E-state index in [1.807, 2.05) is 38.1 Å². The third-order valence-electron chi connectivity index (χ3n) is 3.06. The lowest BCUT2D eigenvalue weighted by molar-refractivity contribution is -0.115. The summed E-state index contributed by atoms with van der Waals surface area (Å²) in [4.78, 5) is 11.9. The van der Waals surface area contributed by atoms with E-state index in [9.17, 15) is 4.79 Å². The second kappa shape index (κ2) is 8.92. The molecule has 6 heteroatoms. The minimum absolute atomic E-state index is 0.151. The first kappa shape index (κ1) is 18.6. The summed E-state index contributed by atoms with van der Waals surface area (Å²) in [7, 11) is 0. The topological polar surface area (TPSA) is 50.4 Å². The third-order valence-corrected chi connectivity index (χ3v) is 3.49. The molecule has 1 amide bonds. The van der Waals surface area contributed by atoms with Crippen molar-refractivity contribution in [3.63, 3.8) is 0 Å². The van der Waals surface area contributed by atoms with Crippen molar-refractivity contribution in [2.45, 2.75) is 26.5 Å². The lowest BCUT2D eigenvalue weighted by Crippen LogP contribution is -2.27. The van der Waals surface area contributed by atoms with Gasteiger partial charge in [0.1, 0.15) is 5.75 Å². The maximum absolute atomic E-state index is 11.9. The van der Waals surface area contributed by atoms with E-state index in [-0.39, 0.29) is 18.6 Å². The summed E-state index contributed by atoms with van der Waals surface area (Å²) in [6.07, 6.45) is 0.151. The molecule has 0 unspecified atom stereocenters. The van der Waals surface area contributed by atoms with E-state index in [0.717, 1.165) is 11.3 Å². The molecule has 0 saturated heterocycles. The number of benzene rings is 2. The quantitative estimate of drug-likeness (QED) is 0.757. The molecule has 24 heavy (non-hydrogen) atoms. The Morgan fingerprint density at radius 2 is 1.71 bits per heavy atom. The van der Waals surface area contributed by atoms with Crippen molar-refractivity contribution in [1.29, 1.82) is 0 Å². The molecular weight excluding hydrogens is 347 g/mol. The third kappa shape index (κ3) is 6.40. The minimum atomic E-state index is -0.159.